The molecule has 7 heteroatoms. The Hall–Kier alpha value is -2.05. The molecule has 0 spiro atoms. The van der Waals surface area contributed by atoms with Crippen molar-refractivity contribution in [3.8, 4) is 0 Å². The molecule has 0 atom stereocenters. The molecule has 0 saturated carbocycles. The number of aryl methyl sites for hydroxylation is 1. The second-order valence-electron chi connectivity index (χ2n) is 4.93. The lowest BCUT2D eigenvalue weighted by atomic mass is 10.2. The van der Waals surface area contributed by atoms with Crippen LogP contribution in [0, 0.1) is 6.92 Å². The number of nitrogens with one attached hydrogen (secondary N) is 1. The Morgan fingerprint density at radius 1 is 1.17 bits per heavy atom. The molecule has 2 aromatic rings. The second kappa shape index (κ2) is 7.02. The van der Waals surface area contributed by atoms with Crippen LogP contribution in [-0.2, 0) is 14.8 Å². The Morgan fingerprint density at radius 2 is 1.83 bits per heavy atom. The summed E-state index contributed by atoms with van der Waals surface area (Å²) in [5.41, 5.74) is 1.17. The van der Waals surface area contributed by atoms with Crippen molar-refractivity contribution in [3.63, 3.8) is 0 Å². The Labute approximate surface area is 140 Å². The quantitative estimate of drug-likeness (QED) is 0.899. The molecule has 0 unspecified atom stereocenters. The molecule has 0 aromatic heterocycles. The normalized spacial score (nSPS) is 11.1. The molecular weight excluding hydrogens is 336 g/mol. The van der Waals surface area contributed by atoms with Gasteiger partial charge in [-0.15, -0.1) is 0 Å². The van der Waals surface area contributed by atoms with Gasteiger partial charge in [-0.25, -0.2) is 8.42 Å². The zero-order valence-electron chi connectivity index (χ0n) is 12.8. The predicted octanol–water partition coefficient (Wildman–Crippen LogP) is 2.59. The fraction of sp³-hybridized carbons (Fsp3) is 0.188. The minimum Gasteiger partial charge on any atom is -0.358 e. The van der Waals surface area contributed by atoms with E-state index in [9.17, 15) is 13.2 Å². The SMILES string of the molecule is CNC(=O)CN(c1ccc(C)c(Cl)c1)S(=O)(=O)c1ccccc1. The van der Waals surface area contributed by atoms with Gasteiger partial charge in [-0.1, -0.05) is 35.9 Å². The van der Waals surface area contributed by atoms with Gasteiger partial charge < -0.3 is 5.32 Å². The van der Waals surface area contributed by atoms with Crippen molar-refractivity contribution >= 4 is 33.2 Å². The first kappa shape index (κ1) is 17.3. The number of carbonyl (C=O) groups excluding carboxylic acids is 1. The zero-order valence-corrected chi connectivity index (χ0v) is 14.4. The van der Waals surface area contributed by atoms with Crippen LogP contribution in [0.4, 0.5) is 5.69 Å². The van der Waals surface area contributed by atoms with Crippen LogP contribution >= 0.6 is 11.6 Å². The number of likely N-dealkylation sites (N-methyl/N-ethyl adjacent to an activating group) is 1. The number of nitrogens with zero attached hydrogens (tertiary/aromatic N) is 1. The molecule has 5 nitrogen and oxygen atoms in total. The number of amides is 1. The van der Waals surface area contributed by atoms with Gasteiger partial charge in [-0.05, 0) is 36.8 Å². The van der Waals surface area contributed by atoms with Crippen LogP contribution in [0.15, 0.2) is 53.4 Å². The summed E-state index contributed by atoms with van der Waals surface area (Å²) in [7, 11) is -2.42. The summed E-state index contributed by atoms with van der Waals surface area (Å²) in [6.45, 7) is 1.49. The summed E-state index contributed by atoms with van der Waals surface area (Å²) in [5, 5.41) is 2.87. The highest BCUT2D eigenvalue weighted by Gasteiger charge is 2.27. The molecule has 122 valence electrons. The van der Waals surface area contributed by atoms with E-state index in [1.165, 1.54) is 19.2 Å². The molecule has 2 aromatic carbocycles. The molecule has 2 rings (SSSR count). The van der Waals surface area contributed by atoms with Crippen LogP contribution in [0.5, 0.6) is 0 Å². The van der Waals surface area contributed by atoms with Gasteiger partial charge in [0.15, 0.2) is 0 Å². The van der Waals surface area contributed by atoms with Gasteiger partial charge in [0, 0.05) is 12.1 Å². The Bertz CT molecular complexity index is 807. The number of hydrogen-bond donors (Lipinski definition) is 1. The van der Waals surface area contributed by atoms with Crippen LogP contribution in [0.1, 0.15) is 5.56 Å². The van der Waals surface area contributed by atoms with Crippen molar-refractivity contribution in [1.29, 1.82) is 0 Å². The van der Waals surface area contributed by atoms with Crippen molar-refractivity contribution in [3.05, 3.63) is 59.1 Å². The van der Waals surface area contributed by atoms with Crippen molar-refractivity contribution < 1.29 is 13.2 Å². The van der Waals surface area contributed by atoms with E-state index < -0.39 is 15.9 Å². The number of sulfonamides is 1. The van der Waals surface area contributed by atoms with Crippen molar-refractivity contribution in [2.24, 2.45) is 0 Å². The fourth-order valence-corrected chi connectivity index (χ4v) is 3.59. The Balaban J connectivity index is 2.54. The third-order valence-corrected chi connectivity index (χ3v) is 5.54. The highest BCUT2D eigenvalue weighted by atomic mass is 35.5. The predicted molar refractivity (Wildman–Crippen MR) is 91.2 cm³/mol. The molecule has 0 bridgehead atoms. The van der Waals surface area contributed by atoms with E-state index in [1.54, 1.807) is 36.4 Å². The van der Waals surface area contributed by atoms with E-state index in [2.05, 4.69) is 5.32 Å². The highest BCUT2D eigenvalue weighted by molar-refractivity contribution is 7.92. The van der Waals surface area contributed by atoms with Gasteiger partial charge in [-0.2, -0.15) is 0 Å². The molecule has 23 heavy (non-hydrogen) atoms. The van der Waals surface area contributed by atoms with E-state index in [0.717, 1.165) is 9.87 Å². The molecular formula is C16H17ClN2O3S. The number of benzene rings is 2. The topological polar surface area (TPSA) is 66.5 Å². The molecule has 0 aliphatic carbocycles. The number of anilines is 1. The molecule has 0 heterocycles. The third kappa shape index (κ3) is 3.83. The summed E-state index contributed by atoms with van der Waals surface area (Å²) >= 11 is 6.10. The molecule has 0 radical (unpaired) electrons. The maximum Gasteiger partial charge on any atom is 0.264 e. The average Bonchev–Trinajstić information content (AvgIpc) is 2.55. The van der Waals surface area contributed by atoms with E-state index in [1.807, 2.05) is 6.92 Å². The van der Waals surface area contributed by atoms with Crippen molar-refractivity contribution in [2.75, 3.05) is 17.9 Å². The monoisotopic (exact) mass is 352 g/mol. The van der Waals surface area contributed by atoms with Gasteiger partial charge in [0.25, 0.3) is 10.0 Å². The highest BCUT2D eigenvalue weighted by Crippen LogP contribution is 2.27. The van der Waals surface area contributed by atoms with Crippen LogP contribution in [-0.4, -0.2) is 27.9 Å². The number of halogens is 1. The largest absolute Gasteiger partial charge is 0.358 e. The number of rotatable bonds is 5. The Kier molecular flexibility index (Phi) is 5.28. The first-order chi connectivity index (χ1) is 10.9. The summed E-state index contributed by atoms with van der Waals surface area (Å²) in [6.07, 6.45) is 0. The lowest BCUT2D eigenvalue weighted by Gasteiger charge is -2.24. The standard InChI is InChI=1S/C16H17ClN2O3S/c1-12-8-9-13(10-15(12)17)19(11-16(20)18-2)23(21,22)14-6-4-3-5-7-14/h3-10H,11H2,1-2H3,(H,18,20). The van der Waals surface area contributed by atoms with Gasteiger partial charge in [0.2, 0.25) is 5.91 Å². The van der Waals surface area contributed by atoms with Gasteiger partial charge >= 0.3 is 0 Å². The van der Waals surface area contributed by atoms with Crippen LogP contribution < -0.4 is 9.62 Å². The van der Waals surface area contributed by atoms with Crippen LogP contribution in [0.25, 0.3) is 0 Å². The fourth-order valence-electron chi connectivity index (χ4n) is 1.98. The smallest absolute Gasteiger partial charge is 0.264 e. The van der Waals surface area contributed by atoms with Crippen molar-refractivity contribution in [1.82, 2.24) is 5.32 Å². The molecule has 1 N–H and O–H groups in total. The van der Waals surface area contributed by atoms with Gasteiger partial charge in [0.1, 0.15) is 6.54 Å². The van der Waals surface area contributed by atoms with E-state index in [4.69, 9.17) is 11.6 Å². The number of carbonyl (C=O) groups is 1. The van der Waals surface area contributed by atoms with Crippen LogP contribution in [0.2, 0.25) is 5.02 Å². The van der Waals surface area contributed by atoms with Crippen molar-refractivity contribution in [2.45, 2.75) is 11.8 Å². The minimum atomic E-state index is -3.88. The molecule has 0 fully saturated rings. The summed E-state index contributed by atoms with van der Waals surface area (Å²) in [6, 6.07) is 12.9. The number of hydrogen-bond acceptors (Lipinski definition) is 3. The molecule has 0 saturated heterocycles. The first-order valence-corrected chi connectivity index (χ1v) is 8.72. The van der Waals surface area contributed by atoms with Crippen LogP contribution in [0.3, 0.4) is 0 Å². The van der Waals surface area contributed by atoms with E-state index in [0.29, 0.717) is 10.7 Å². The molecule has 0 aliphatic rings. The van der Waals surface area contributed by atoms with E-state index >= 15 is 0 Å². The minimum absolute atomic E-state index is 0.112. The maximum atomic E-state index is 12.9. The molecule has 1 amide bonds. The van der Waals surface area contributed by atoms with Gasteiger partial charge in [0.05, 0.1) is 10.6 Å². The second-order valence-corrected chi connectivity index (χ2v) is 7.20. The lowest BCUT2D eigenvalue weighted by Crippen LogP contribution is -2.39. The lowest BCUT2D eigenvalue weighted by molar-refractivity contribution is -0.119. The molecule has 0 aliphatic heterocycles. The maximum absolute atomic E-state index is 12.9. The van der Waals surface area contributed by atoms with E-state index in [-0.39, 0.29) is 11.4 Å². The van der Waals surface area contributed by atoms with Gasteiger partial charge in [-0.3, -0.25) is 9.10 Å². The average molecular weight is 353 g/mol. The zero-order chi connectivity index (χ0) is 17.0. The summed E-state index contributed by atoms with van der Waals surface area (Å²) in [5.74, 6) is -0.416. The summed E-state index contributed by atoms with van der Waals surface area (Å²) in [4.78, 5) is 11.9. The Morgan fingerprint density at radius 3 is 2.39 bits per heavy atom. The first-order valence-electron chi connectivity index (χ1n) is 6.91. The summed E-state index contributed by atoms with van der Waals surface area (Å²) < 4.78 is 26.8. The third-order valence-electron chi connectivity index (χ3n) is 3.34.